The molecule has 5 nitrogen and oxygen atoms in total. The summed E-state index contributed by atoms with van der Waals surface area (Å²) in [7, 11) is 3.92. The zero-order valence-corrected chi connectivity index (χ0v) is 15.5. The predicted octanol–water partition coefficient (Wildman–Crippen LogP) is 3.50. The molecule has 0 saturated heterocycles. The first kappa shape index (κ1) is 18.3. The number of amides is 1. The van der Waals surface area contributed by atoms with Crippen LogP contribution in [0, 0.1) is 0 Å². The molecule has 2 aromatic carbocycles. The zero-order chi connectivity index (χ0) is 18.5. The number of carbonyl (C=O) groups is 1. The summed E-state index contributed by atoms with van der Waals surface area (Å²) < 4.78 is 10.6. The maximum atomic E-state index is 12.2. The van der Waals surface area contributed by atoms with Gasteiger partial charge in [-0.1, -0.05) is 35.9 Å². The lowest BCUT2D eigenvalue weighted by atomic mass is 10.1. The van der Waals surface area contributed by atoms with E-state index in [0.717, 1.165) is 16.9 Å². The van der Waals surface area contributed by atoms with Gasteiger partial charge in [-0.15, -0.1) is 0 Å². The topological polar surface area (TPSA) is 50.8 Å². The lowest BCUT2D eigenvalue weighted by Gasteiger charge is -2.25. The first-order valence-electron chi connectivity index (χ1n) is 8.31. The van der Waals surface area contributed by atoms with Gasteiger partial charge in [0.05, 0.1) is 6.04 Å². The van der Waals surface area contributed by atoms with Crippen molar-refractivity contribution in [2.75, 3.05) is 27.4 Å². The molecule has 0 bridgehead atoms. The molecular weight excluding hydrogens is 352 g/mol. The summed E-state index contributed by atoms with van der Waals surface area (Å²) in [6.07, 6.45) is 3.26. The highest BCUT2D eigenvalue weighted by Crippen LogP contribution is 2.32. The third kappa shape index (κ3) is 4.36. The second-order valence-corrected chi connectivity index (χ2v) is 6.60. The van der Waals surface area contributed by atoms with Crippen LogP contribution >= 0.6 is 11.6 Å². The van der Waals surface area contributed by atoms with Crippen LogP contribution in [0.2, 0.25) is 5.02 Å². The molecule has 1 N–H and O–H groups in total. The molecule has 2 aromatic rings. The molecule has 0 aromatic heterocycles. The second kappa shape index (κ2) is 8.25. The minimum absolute atomic E-state index is 0.00778. The maximum Gasteiger partial charge on any atom is 0.244 e. The van der Waals surface area contributed by atoms with Crippen LogP contribution < -0.4 is 14.8 Å². The van der Waals surface area contributed by atoms with Crippen molar-refractivity contribution in [1.29, 1.82) is 0 Å². The average molecular weight is 373 g/mol. The highest BCUT2D eigenvalue weighted by Gasteiger charge is 2.17. The number of halogens is 1. The van der Waals surface area contributed by atoms with E-state index in [1.807, 2.05) is 61.5 Å². The standard InChI is InChI=1S/C20H21ClN2O3/c1-23(2)17(15-5-3-4-6-16(15)21)12-22-20(24)10-8-14-7-9-18-19(11-14)26-13-25-18/h3-11,17H,12-13H2,1-2H3,(H,22,24)/b10-8+. The van der Waals surface area contributed by atoms with E-state index in [1.54, 1.807) is 6.08 Å². The minimum atomic E-state index is -0.165. The Hall–Kier alpha value is -2.50. The first-order valence-corrected chi connectivity index (χ1v) is 8.69. The Labute approximate surface area is 158 Å². The Morgan fingerprint density at radius 2 is 2.00 bits per heavy atom. The average Bonchev–Trinajstić information content (AvgIpc) is 3.09. The lowest BCUT2D eigenvalue weighted by molar-refractivity contribution is -0.116. The molecule has 1 heterocycles. The summed E-state index contributed by atoms with van der Waals surface area (Å²) in [6.45, 7) is 0.692. The van der Waals surface area contributed by atoms with E-state index < -0.39 is 0 Å². The number of rotatable bonds is 6. The molecule has 26 heavy (non-hydrogen) atoms. The first-order chi connectivity index (χ1) is 12.5. The van der Waals surface area contributed by atoms with Gasteiger partial charge >= 0.3 is 0 Å². The Morgan fingerprint density at radius 1 is 1.23 bits per heavy atom. The highest BCUT2D eigenvalue weighted by atomic mass is 35.5. The van der Waals surface area contributed by atoms with Crippen molar-refractivity contribution in [3.05, 3.63) is 64.7 Å². The lowest BCUT2D eigenvalue weighted by Crippen LogP contribution is -2.33. The molecule has 1 atom stereocenters. The van der Waals surface area contributed by atoms with E-state index in [0.29, 0.717) is 17.3 Å². The molecule has 1 amide bonds. The third-order valence-electron chi connectivity index (χ3n) is 4.18. The normalized spacial score (nSPS) is 14.0. The summed E-state index contributed by atoms with van der Waals surface area (Å²) in [4.78, 5) is 14.2. The molecule has 0 saturated carbocycles. The minimum Gasteiger partial charge on any atom is -0.454 e. The Kier molecular flexibility index (Phi) is 5.81. The van der Waals surface area contributed by atoms with Gasteiger partial charge in [-0.3, -0.25) is 4.79 Å². The number of nitrogens with one attached hydrogen (secondary N) is 1. The van der Waals surface area contributed by atoms with Crippen LogP contribution in [0.4, 0.5) is 0 Å². The Bertz CT molecular complexity index is 820. The number of ether oxygens (including phenoxy) is 2. The van der Waals surface area contributed by atoms with E-state index >= 15 is 0 Å². The fourth-order valence-electron chi connectivity index (χ4n) is 2.76. The molecule has 1 aliphatic heterocycles. The molecule has 136 valence electrons. The number of fused-ring (bicyclic) bond motifs is 1. The number of carbonyl (C=O) groups excluding carboxylic acids is 1. The van der Waals surface area contributed by atoms with Gasteiger partial charge in [0.1, 0.15) is 0 Å². The molecule has 3 rings (SSSR count). The summed E-state index contributed by atoms with van der Waals surface area (Å²) in [5.41, 5.74) is 1.86. The number of nitrogens with zero attached hydrogens (tertiary/aromatic N) is 1. The second-order valence-electron chi connectivity index (χ2n) is 6.19. The van der Waals surface area contributed by atoms with Gasteiger partial charge in [-0.25, -0.2) is 0 Å². The van der Waals surface area contributed by atoms with Crippen molar-refractivity contribution in [3.63, 3.8) is 0 Å². The molecule has 0 fully saturated rings. The smallest absolute Gasteiger partial charge is 0.244 e. The Morgan fingerprint density at radius 3 is 2.77 bits per heavy atom. The molecule has 1 aliphatic rings. The van der Waals surface area contributed by atoms with Crippen molar-refractivity contribution in [1.82, 2.24) is 10.2 Å². The van der Waals surface area contributed by atoms with Crippen molar-refractivity contribution in [3.8, 4) is 11.5 Å². The van der Waals surface area contributed by atoms with Crippen molar-refractivity contribution < 1.29 is 14.3 Å². The fraction of sp³-hybridized carbons (Fsp3) is 0.250. The van der Waals surface area contributed by atoms with Crippen LogP contribution in [0.15, 0.2) is 48.5 Å². The molecule has 0 radical (unpaired) electrons. The van der Waals surface area contributed by atoms with Crippen LogP contribution in [0.5, 0.6) is 11.5 Å². The van der Waals surface area contributed by atoms with Gasteiger partial charge in [-0.05, 0) is 49.5 Å². The monoisotopic (exact) mass is 372 g/mol. The molecule has 1 unspecified atom stereocenters. The fourth-order valence-corrected chi connectivity index (χ4v) is 3.02. The van der Waals surface area contributed by atoms with E-state index in [-0.39, 0.29) is 18.7 Å². The van der Waals surface area contributed by atoms with Gasteiger partial charge in [-0.2, -0.15) is 0 Å². The van der Waals surface area contributed by atoms with Gasteiger partial charge in [0.25, 0.3) is 0 Å². The van der Waals surface area contributed by atoms with Crippen molar-refractivity contribution >= 4 is 23.6 Å². The van der Waals surface area contributed by atoms with Crippen LogP contribution in [-0.2, 0) is 4.79 Å². The van der Waals surface area contributed by atoms with Crippen LogP contribution in [0.25, 0.3) is 6.08 Å². The van der Waals surface area contributed by atoms with Crippen LogP contribution in [-0.4, -0.2) is 38.2 Å². The van der Waals surface area contributed by atoms with Crippen LogP contribution in [0.3, 0.4) is 0 Å². The SMILES string of the molecule is CN(C)C(CNC(=O)/C=C/c1ccc2c(c1)OCO2)c1ccccc1Cl. The predicted molar refractivity (Wildman–Crippen MR) is 102 cm³/mol. The Balaban J connectivity index is 1.61. The number of likely N-dealkylation sites (N-methyl/N-ethyl adjacent to an activating group) is 1. The van der Waals surface area contributed by atoms with E-state index in [4.69, 9.17) is 21.1 Å². The van der Waals surface area contributed by atoms with Gasteiger partial charge in [0.15, 0.2) is 11.5 Å². The molecule has 0 aliphatic carbocycles. The number of benzene rings is 2. The number of hydrogen-bond acceptors (Lipinski definition) is 4. The maximum absolute atomic E-state index is 12.2. The molecular formula is C20H21ClN2O3. The quantitative estimate of drug-likeness (QED) is 0.788. The number of hydrogen-bond donors (Lipinski definition) is 1. The molecule has 0 spiro atoms. The van der Waals surface area contributed by atoms with E-state index in [9.17, 15) is 4.79 Å². The summed E-state index contributed by atoms with van der Waals surface area (Å²) in [5.74, 6) is 1.25. The largest absolute Gasteiger partial charge is 0.454 e. The van der Waals surface area contributed by atoms with E-state index in [1.165, 1.54) is 6.08 Å². The van der Waals surface area contributed by atoms with Gasteiger partial charge in [0, 0.05) is 17.6 Å². The van der Waals surface area contributed by atoms with Crippen molar-refractivity contribution in [2.45, 2.75) is 6.04 Å². The summed E-state index contributed by atoms with van der Waals surface area (Å²) >= 11 is 6.29. The highest BCUT2D eigenvalue weighted by molar-refractivity contribution is 6.31. The van der Waals surface area contributed by atoms with Gasteiger partial charge in [0.2, 0.25) is 12.7 Å². The van der Waals surface area contributed by atoms with E-state index in [2.05, 4.69) is 5.32 Å². The zero-order valence-electron chi connectivity index (χ0n) is 14.7. The summed E-state index contributed by atoms with van der Waals surface area (Å²) in [6, 6.07) is 13.2. The van der Waals surface area contributed by atoms with Gasteiger partial charge < -0.3 is 19.7 Å². The third-order valence-corrected chi connectivity index (χ3v) is 4.53. The molecule has 6 heteroatoms. The van der Waals surface area contributed by atoms with Crippen molar-refractivity contribution in [2.24, 2.45) is 0 Å². The van der Waals surface area contributed by atoms with Crippen LogP contribution in [0.1, 0.15) is 17.2 Å². The summed E-state index contributed by atoms with van der Waals surface area (Å²) in [5, 5.41) is 3.62.